The first-order valence-corrected chi connectivity index (χ1v) is 10.4. The Kier molecular flexibility index (Phi) is 6.01. The van der Waals surface area contributed by atoms with Gasteiger partial charge in [-0.15, -0.1) is 10.2 Å². The molecule has 3 rings (SSSR count). The smallest absolute Gasteiger partial charge is 0.237 e. The maximum atomic E-state index is 12.7. The number of carbonyl (C=O) groups excluding carboxylic acids is 1. The number of carbonyl (C=O) groups is 1. The zero-order chi connectivity index (χ0) is 18.7. The zero-order valence-corrected chi connectivity index (χ0v) is 16.8. The second-order valence-electron chi connectivity index (χ2n) is 7.01. The van der Waals surface area contributed by atoms with Crippen LogP contribution in [0.5, 0.6) is 0 Å². The van der Waals surface area contributed by atoms with Crippen LogP contribution in [0.1, 0.15) is 70.2 Å². The molecule has 140 valence electrons. The molecule has 0 spiro atoms. The average Bonchev–Trinajstić information content (AvgIpc) is 3.42. The van der Waals surface area contributed by atoms with Crippen LogP contribution < -0.4 is 5.32 Å². The fourth-order valence-electron chi connectivity index (χ4n) is 3.03. The Morgan fingerprint density at radius 3 is 2.65 bits per heavy atom. The van der Waals surface area contributed by atoms with E-state index in [4.69, 9.17) is 0 Å². The molecule has 1 fully saturated rings. The Morgan fingerprint density at radius 1 is 1.27 bits per heavy atom. The van der Waals surface area contributed by atoms with Gasteiger partial charge in [0, 0.05) is 18.2 Å². The molecule has 1 aliphatic carbocycles. The topological polar surface area (TPSA) is 59.8 Å². The maximum Gasteiger partial charge on any atom is 0.237 e. The minimum Gasteiger partial charge on any atom is -0.325 e. The molecule has 1 aromatic heterocycles. The van der Waals surface area contributed by atoms with Gasteiger partial charge in [-0.05, 0) is 50.7 Å². The predicted octanol–water partition coefficient (Wildman–Crippen LogP) is 4.81. The van der Waals surface area contributed by atoms with Gasteiger partial charge in [-0.1, -0.05) is 43.8 Å². The van der Waals surface area contributed by atoms with Crippen LogP contribution in [0.3, 0.4) is 0 Å². The summed E-state index contributed by atoms with van der Waals surface area (Å²) < 4.78 is 2.15. The zero-order valence-electron chi connectivity index (χ0n) is 16.0. The molecule has 0 unspecified atom stereocenters. The first kappa shape index (κ1) is 19.0. The third-order valence-corrected chi connectivity index (χ3v) is 6.10. The van der Waals surface area contributed by atoms with Gasteiger partial charge in [-0.2, -0.15) is 0 Å². The highest BCUT2D eigenvalue weighted by Gasteiger charge is 2.30. The number of para-hydroxylation sites is 1. The fraction of sp³-hybridized carbons (Fsp3) is 0.550. The van der Waals surface area contributed by atoms with E-state index in [-0.39, 0.29) is 11.2 Å². The van der Waals surface area contributed by atoms with Gasteiger partial charge in [0.2, 0.25) is 5.91 Å². The van der Waals surface area contributed by atoms with E-state index in [2.05, 4.69) is 46.9 Å². The van der Waals surface area contributed by atoms with E-state index >= 15 is 0 Å². The van der Waals surface area contributed by atoms with Crippen molar-refractivity contribution in [1.29, 1.82) is 0 Å². The van der Waals surface area contributed by atoms with E-state index in [9.17, 15) is 4.79 Å². The maximum absolute atomic E-state index is 12.7. The molecule has 0 radical (unpaired) electrons. The number of rotatable bonds is 8. The molecule has 0 aliphatic heterocycles. The molecular formula is C20H28N4OS. The van der Waals surface area contributed by atoms with Crippen molar-refractivity contribution in [2.24, 2.45) is 0 Å². The Bertz CT molecular complexity index is 769. The monoisotopic (exact) mass is 372 g/mol. The number of thioether (sulfide) groups is 1. The van der Waals surface area contributed by atoms with Crippen LogP contribution in [0.4, 0.5) is 5.69 Å². The molecule has 1 heterocycles. The number of benzene rings is 1. The Hall–Kier alpha value is -1.82. The number of amides is 1. The van der Waals surface area contributed by atoms with E-state index in [1.807, 2.05) is 25.1 Å². The largest absolute Gasteiger partial charge is 0.325 e. The summed E-state index contributed by atoms with van der Waals surface area (Å²) in [5.74, 6) is 2.05. The van der Waals surface area contributed by atoms with Crippen LogP contribution in [0.2, 0.25) is 0 Å². The van der Waals surface area contributed by atoms with E-state index in [1.165, 1.54) is 30.2 Å². The lowest BCUT2D eigenvalue weighted by Crippen LogP contribution is -2.23. The number of hydrogen-bond acceptors (Lipinski definition) is 4. The second-order valence-corrected chi connectivity index (χ2v) is 8.31. The lowest BCUT2D eigenvalue weighted by molar-refractivity contribution is -0.115. The minimum atomic E-state index is -0.235. The first-order valence-electron chi connectivity index (χ1n) is 9.54. The van der Waals surface area contributed by atoms with Crippen molar-refractivity contribution in [2.45, 2.75) is 75.7 Å². The number of hydrogen-bond donors (Lipinski definition) is 1. The first-order chi connectivity index (χ1) is 12.5. The third-order valence-electron chi connectivity index (χ3n) is 5.02. The molecule has 26 heavy (non-hydrogen) atoms. The van der Waals surface area contributed by atoms with Gasteiger partial charge in [-0.25, -0.2) is 0 Å². The van der Waals surface area contributed by atoms with E-state index < -0.39 is 0 Å². The van der Waals surface area contributed by atoms with Gasteiger partial charge in [0.05, 0.1) is 5.25 Å². The highest BCUT2D eigenvalue weighted by atomic mass is 32.2. The number of nitrogens with one attached hydrogen (secondary N) is 1. The standard InChI is InChI=1S/C20H28N4OS/c1-5-13(3)16-9-7-8-10-17(16)21-19(25)14(4)26-20-23-22-18(15-11-12-15)24(20)6-2/h7-10,13-15H,5-6,11-12H2,1-4H3,(H,21,25)/t13-,14+/m1/s1. The molecule has 1 amide bonds. The third kappa shape index (κ3) is 4.11. The lowest BCUT2D eigenvalue weighted by atomic mass is 9.97. The van der Waals surface area contributed by atoms with Crippen molar-refractivity contribution in [3.8, 4) is 0 Å². The Labute approximate surface area is 160 Å². The molecule has 0 saturated heterocycles. The summed E-state index contributed by atoms with van der Waals surface area (Å²) >= 11 is 1.49. The van der Waals surface area contributed by atoms with Crippen molar-refractivity contribution in [1.82, 2.24) is 14.8 Å². The highest BCUT2D eigenvalue weighted by Crippen LogP contribution is 2.40. The van der Waals surface area contributed by atoms with E-state index in [0.29, 0.717) is 11.8 Å². The molecule has 2 atom stereocenters. The van der Waals surface area contributed by atoms with Crippen molar-refractivity contribution in [3.05, 3.63) is 35.7 Å². The molecule has 6 heteroatoms. The Morgan fingerprint density at radius 2 is 2.00 bits per heavy atom. The number of aromatic nitrogens is 3. The molecular weight excluding hydrogens is 344 g/mol. The van der Waals surface area contributed by atoms with Gasteiger partial charge in [-0.3, -0.25) is 4.79 Å². The van der Waals surface area contributed by atoms with Crippen molar-refractivity contribution < 1.29 is 4.79 Å². The number of nitrogens with zero attached hydrogens (tertiary/aromatic N) is 3. The highest BCUT2D eigenvalue weighted by molar-refractivity contribution is 8.00. The van der Waals surface area contributed by atoms with Crippen molar-refractivity contribution in [3.63, 3.8) is 0 Å². The lowest BCUT2D eigenvalue weighted by Gasteiger charge is -2.17. The second kappa shape index (κ2) is 8.25. The van der Waals surface area contributed by atoms with Crippen molar-refractivity contribution >= 4 is 23.4 Å². The average molecular weight is 373 g/mol. The van der Waals surface area contributed by atoms with Gasteiger partial charge >= 0.3 is 0 Å². The van der Waals surface area contributed by atoms with Crippen molar-refractivity contribution in [2.75, 3.05) is 5.32 Å². The molecule has 1 aliphatic rings. The minimum absolute atomic E-state index is 0.00405. The Balaban J connectivity index is 1.69. The summed E-state index contributed by atoms with van der Waals surface area (Å²) in [6.45, 7) is 9.22. The molecule has 1 N–H and O–H groups in total. The molecule has 2 aromatic rings. The van der Waals surface area contributed by atoms with Gasteiger partial charge in [0.25, 0.3) is 0 Å². The fourth-order valence-corrected chi connectivity index (χ4v) is 3.95. The van der Waals surface area contributed by atoms with Gasteiger partial charge in [0.1, 0.15) is 5.82 Å². The van der Waals surface area contributed by atoms with Crippen LogP contribution in [-0.4, -0.2) is 25.9 Å². The van der Waals surface area contributed by atoms with Crippen LogP contribution in [0.25, 0.3) is 0 Å². The van der Waals surface area contributed by atoms with E-state index in [0.717, 1.165) is 29.6 Å². The summed E-state index contributed by atoms with van der Waals surface area (Å²) in [6, 6.07) is 8.07. The van der Waals surface area contributed by atoms with Crippen LogP contribution in [-0.2, 0) is 11.3 Å². The molecule has 1 aromatic carbocycles. The summed E-state index contributed by atoms with van der Waals surface area (Å²) in [5.41, 5.74) is 2.10. The molecule has 0 bridgehead atoms. The number of anilines is 1. The van der Waals surface area contributed by atoms with E-state index in [1.54, 1.807) is 0 Å². The predicted molar refractivity (Wildman–Crippen MR) is 107 cm³/mol. The normalized spacial score (nSPS) is 16.3. The summed E-state index contributed by atoms with van der Waals surface area (Å²) in [5, 5.41) is 12.4. The SMILES string of the molecule is CC[C@@H](C)c1ccccc1NC(=O)[C@H](C)Sc1nnc(C2CC2)n1CC. The summed E-state index contributed by atoms with van der Waals surface area (Å²) in [4.78, 5) is 12.7. The summed E-state index contributed by atoms with van der Waals surface area (Å²) in [6.07, 6.45) is 3.44. The quantitative estimate of drug-likeness (QED) is 0.676. The van der Waals surface area contributed by atoms with Crippen LogP contribution >= 0.6 is 11.8 Å². The van der Waals surface area contributed by atoms with Gasteiger partial charge < -0.3 is 9.88 Å². The molecule has 1 saturated carbocycles. The van der Waals surface area contributed by atoms with Crippen LogP contribution in [0, 0.1) is 0 Å². The summed E-state index contributed by atoms with van der Waals surface area (Å²) in [7, 11) is 0. The van der Waals surface area contributed by atoms with Crippen LogP contribution in [0.15, 0.2) is 29.4 Å². The molecule has 5 nitrogen and oxygen atoms in total. The van der Waals surface area contributed by atoms with Gasteiger partial charge in [0.15, 0.2) is 5.16 Å².